The molecule has 0 radical (unpaired) electrons. The third-order valence-corrected chi connectivity index (χ3v) is 5.10. The molecule has 6 nitrogen and oxygen atoms in total. The number of carbonyl (C=O) groups excluding carboxylic acids is 1. The molecule has 1 fully saturated rings. The van der Waals surface area contributed by atoms with E-state index in [1.165, 1.54) is 0 Å². The highest BCUT2D eigenvalue weighted by Crippen LogP contribution is 2.39. The van der Waals surface area contributed by atoms with Crippen LogP contribution in [0.15, 0.2) is 42.2 Å². The number of ether oxygens (including phenoxy) is 3. The van der Waals surface area contributed by atoms with Crippen LogP contribution >= 0.6 is 0 Å². The summed E-state index contributed by atoms with van der Waals surface area (Å²) < 4.78 is 17.2. The number of morpholine rings is 1. The second-order valence-corrected chi connectivity index (χ2v) is 6.84. The van der Waals surface area contributed by atoms with Gasteiger partial charge in [-0.05, 0) is 31.4 Å². The van der Waals surface area contributed by atoms with Crippen LogP contribution in [0, 0.1) is 5.92 Å². The largest absolute Gasteiger partial charge is 0.459 e. The summed E-state index contributed by atoms with van der Waals surface area (Å²) in [6.07, 6.45) is 2.86. The van der Waals surface area contributed by atoms with Crippen LogP contribution in [0.4, 0.5) is 0 Å². The van der Waals surface area contributed by atoms with E-state index in [0.29, 0.717) is 45.1 Å². The average Bonchev–Trinajstić information content (AvgIpc) is 2.73. The number of amides is 1. The Morgan fingerprint density at radius 3 is 2.67 bits per heavy atom. The Labute approximate surface area is 160 Å². The lowest BCUT2D eigenvalue weighted by molar-refractivity contribution is -0.171. The quantitative estimate of drug-likeness (QED) is 0.792. The van der Waals surface area contributed by atoms with Crippen molar-refractivity contribution in [3.63, 3.8) is 0 Å². The SMILES string of the molecule is CCO[C@@H]1OC(C(=O)N2CCOCC2)=C[C@H](c2ccccc2)[C@@H]1CCCO. The summed E-state index contributed by atoms with van der Waals surface area (Å²) in [5, 5.41) is 9.31. The van der Waals surface area contributed by atoms with Gasteiger partial charge >= 0.3 is 0 Å². The topological polar surface area (TPSA) is 68.2 Å². The molecule has 2 aliphatic heterocycles. The van der Waals surface area contributed by atoms with Crippen LogP contribution in [-0.4, -0.2) is 61.7 Å². The van der Waals surface area contributed by atoms with Gasteiger partial charge in [0.15, 0.2) is 5.76 Å². The maximum absolute atomic E-state index is 13.0. The number of hydrogen-bond donors (Lipinski definition) is 1. The van der Waals surface area contributed by atoms with Crippen LogP contribution in [0.2, 0.25) is 0 Å². The summed E-state index contributed by atoms with van der Waals surface area (Å²) in [5.74, 6) is 0.290. The van der Waals surface area contributed by atoms with Crippen LogP contribution in [0.5, 0.6) is 0 Å². The maximum atomic E-state index is 13.0. The Balaban J connectivity index is 1.90. The number of aliphatic hydroxyl groups is 1. The molecule has 6 heteroatoms. The lowest BCUT2D eigenvalue weighted by atomic mass is 9.80. The van der Waals surface area contributed by atoms with Crippen molar-refractivity contribution in [3.8, 4) is 0 Å². The van der Waals surface area contributed by atoms with Gasteiger partial charge in [0.2, 0.25) is 6.29 Å². The molecular weight excluding hydrogens is 346 g/mol. The number of carbonyl (C=O) groups is 1. The molecule has 0 bridgehead atoms. The summed E-state index contributed by atoms with van der Waals surface area (Å²) in [7, 11) is 0. The van der Waals surface area contributed by atoms with Gasteiger partial charge in [0.25, 0.3) is 5.91 Å². The summed E-state index contributed by atoms with van der Waals surface area (Å²) in [5.41, 5.74) is 1.13. The van der Waals surface area contributed by atoms with Gasteiger partial charge in [-0.25, -0.2) is 0 Å². The number of benzene rings is 1. The summed E-state index contributed by atoms with van der Waals surface area (Å²) in [4.78, 5) is 14.8. The number of nitrogens with zero attached hydrogens (tertiary/aromatic N) is 1. The van der Waals surface area contributed by atoms with Crippen molar-refractivity contribution in [1.82, 2.24) is 4.90 Å². The Hall–Kier alpha value is -1.89. The molecule has 2 heterocycles. The molecule has 0 aromatic heterocycles. The molecule has 1 aromatic carbocycles. The van der Waals surface area contributed by atoms with E-state index >= 15 is 0 Å². The number of rotatable bonds is 7. The molecular formula is C21H29NO5. The fraction of sp³-hybridized carbons (Fsp3) is 0.571. The molecule has 1 N–H and O–H groups in total. The van der Waals surface area contributed by atoms with Gasteiger partial charge in [0, 0.05) is 38.1 Å². The van der Waals surface area contributed by atoms with E-state index in [2.05, 4.69) is 12.1 Å². The highest BCUT2D eigenvalue weighted by Gasteiger charge is 2.38. The highest BCUT2D eigenvalue weighted by molar-refractivity contribution is 5.92. The minimum Gasteiger partial charge on any atom is -0.459 e. The van der Waals surface area contributed by atoms with Crippen LogP contribution in [-0.2, 0) is 19.0 Å². The molecule has 0 aliphatic carbocycles. The van der Waals surface area contributed by atoms with Crippen molar-refractivity contribution in [2.45, 2.75) is 32.0 Å². The monoisotopic (exact) mass is 375 g/mol. The summed E-state index contributed by atoms with van der Waals surface area (Å²) in [6.45, 7) is 4.79. The van der Waals surface area contributed by atoms with Gasteiger partial charge < -0.3 is 24.2 Å². The van der Waals surface area contributed by atoms with E-state index in [0.717, 1.165) is 12.0 Å². The van der Waals surface area contributed by atoms with E-state index in [1.807, 2.05) is 31.2 Å². The Kier molecular flexibility index (Phi) is 7.26. The maximum Gasteiger partial charge on any atom is 0.288 e. The van der Waals surface area contributed by atoms with Gasteiger partial charge in [0.05, 0.1) is 13.2 Å². The van der Waals surface area contributed by atoms with Crippen molar-refractivity contribution in [1.29, 1.82) is 0 Å². The first kappa shape index (κ1) is 19.9. The number of aliphatic hydroxyl groups excluding tert-OH is 1. The molecule has 3 rings (SSSR count). The molecule has 1 saturated heterocycles. The van der Waals surface area contributed by atoms with Crippen LogP contribution in [0.1, 0.15) is 31.2 Å². The van der Waals surface area contributed by atoms with Crippen molar-refractivity contribution in [3.05, 3.63) is 47.7 Å². The van der Waals surface area contributed by atoms with E-state index in [-0.39, 0.29) is 24.3 Å². The minimum atomic E-state index is -0.503. The molecule has 1 aromatic rings. The second kappa shape index (κ2) is 9.88. The molecule has 148 valence electrons. The fourth-order valence-corrected chi connectivity index (χ4v) is 3.73. The number of hydrogen-bond acceptors (Lipinski definition) is 5. The predicted octanol–water partition coefficient (Wildman–Crippen LogP) is 2.29. The van der Waals surface area contributed by atoms with E-state index in [4.69, 9.17) is 14.2 Å². The zero-order chi connectivity index (χ0) is 19.1. The second-order valence-electron chi connectivity index (χ2n) is 6.84. The molecule has 3 atom stereocenters. The van der Waals surface area contributed by atoms with E-state index in [9.17, 15) is 9.90 Å². The Bertz CT molecular complexity index is 627. The molecule has 2 aliphatic rings. The van der Waals surface area contributed by atoms with Crippen molar-refractivity contribution in [2.75, 3.05) is 39.5 Å². The molecule has 0 unspecified atom stereocenters. The van der Waals surface area contributed by atoms with Crippen molar-refractivity contribution < 1.29 is 24.1 Å². The average molecular weight is 375 g/mol. The van der Waals surface area contributed by atoms with E-state index < -0.39 is 6.29 Å². The van der Waals surface area contributed by atoms with Gasteiger partial charge in [-0.1, -0.05) is 30.3 Å². The zero-order valence-corrected chi connectivity index (χ0v) is 15.9. The van der Waals surface area contributed by atoms with Gasteiger partial charge in [-0.2, -0.15) is 0 Å². The molecule has 27 heavy (non-hydrogen) atoms. The normalized spacial score (nSPS) is 25.6. The van der Waals surface area contributed by atoms with Crippen LogP contribution in [0.3, 0.4) is 0 Å². The fourth-order valence-electron chi connectivity index (χ4n) is 3.73. The molecule has 0 spiro atoms. The first-order valence-corrected chi connectivity index (χ1v) is 9.77. The zero-order valence-electron chi connectivity index (χ0n) is 15.9. The summed E-state index contributed by atoms with van der Waals surface area (Å²) >= 11 is 0. The smallest absolute Gasteiger partial charge is 0.288 e. The first-order valence-electron chi connectivity index (χ1n) is 9.77. The lowest BCUT2D eigenvalue weighted by Gasteiger charge is -2.38. The van der Waals surface area contributed by atoms with Crippen LogP contribution < -0.4 is 0 Å². The van der Waals surface area contributed by atoms with Crippen molar-refractivity contribution >= 4 is 5.91 Å². The molecule has 0 saturated carbocycles. The number of allylic oxidation sites excluding steroid dienone is 1. The summed E-state index contributed by atoms with van der Waals surface area (Å²) in [6, 6.07) is 10.1. The highest BCUT2D eigenvalue weighted by atomic mass is 16.7. The first-order chi connectivity index (χ1) is 13.2. The standard InChI is InChI=1S/C21H29NO5/c1-2-26-21-17(9-6-12-23)18(16-7-4-3-5-8-16)15-19(27-21)20(24)22-10-13-25-14-11-22/h3-5,7-8,15,17-18,21,23H,2,6,9-14H2,1H3/t17-,18+,21+/m0/s1. The van der Waals surface area contributed by atoms with E-state index in [1.54, 1.807) is 4.90 Å². The van der Waals surface area contributed by atoms with Gasteiger partial charge in [0.1, 0.15) is 0 Å². The Morgan fingerprint density at radius 2 is 2.00 bits per heavy atom. The van der Waals surface area contributed by atoms with Gasteiger partial charge in [-0.15, -0.1) is 0 Å². The third-order valence-electron chi connectivity index (χ3n) is 5.10. The lowest BCUT2D eigenvalue weighted by Crippen LogP contribution is -2.44. The van der Waals surface area contributed by atoms with Crippen LogP contribution in [0.25, 0.3) is 0 Å². The predicted molar refractivity (Wildman–Crippen MR) is 101 cm³/mol. The van der Waals surface area contributed by atoms with Gasteiger partial charge in [-0.3, -0.25) is 4.79 Å². The van der Waals surface area contributed by atoms with Crippen molar-refractivity contribution in [2.24, 2.45) is 5.92 Å². The third kappa shape index (κ3) is 4.89. The minimum absolute atomic E-state index is 0.00282. The molecule has 1 amide bonds. The Morgan fingerprint density at radius 1 is 1.26 bits per heavy atom.